The zero-order valence-electron chi connectivity index (χ0n) is 9.60. The molecule has 0 radical (unpaired) electrons. The summed E-state index contributed by atoms with van der Waals surface area (Å²) in [6, 6.07) is 7.56. The number of halogens is 1. The number of carbonyl (C=O) groups is 2. The van der Waals surface area contributed by atoms with Gasteiger partial charge < -0.3 is 9.47 Å². The largest absolute Gasteiger partial charge is 0.468 e. The molecule has 4 nitrogen and oxygen atoms in total. The Morgan fingerprint density at radius 1 is 1.18 bits per heavy atom. The maximum Gasteiger partial charge on any atom is 0.320 e. The van der Waals surface area contributed by atoms with E-state index in [9.17, 15) is 9.59 Å². The summed E-state index contributed by atoms with van der Waals surface area (Å²) in [7, 11) is 2.52. The minimum absolute atomic E-state index is 0.290. The minimum atomic E-state index is -0.902. The van der Waals surface area contributed by atoms with Crippen molar-refractivity contribution in [3.05, 3.63) is 33.4 Å². The Kier molecular flexibility index (Phi) is 5.40. The Bertz CT molecular complexity index is 401. The highest BCUT2D eigenvalue weighted by Crippen LogP contribution is 2.17. The number of benzene rings is 1. The second-order valence-corrected chi connectivity index (χ2v) is 4.56. The lowest BCUT2D eigenvalue weighted by atomic mass is 9.99. The van der Waals surface area contributed by atoms with Crippen molar-refractivity contribution >= 4 is 34.5 Å². The van der Waals surface area contributed by atoms with E-state index in [0.717, 1.165) is 9.13 Å². The molecule has 0 saturated heterocycles. The van der Waals surface area contributed by atoms with Gasteiger partial charge in [-0.2, -0.15) is 0 Å². The summed E-state index contributed by atoms with van der Waals surface area (Å²) in [6.45, 7) is 0. The summed E-state index contributed by atoms with van der Waals surface area (Å²) in [4.78, 5) is 23.0. The number of hydrogen-bond acceptors (Lipinski definition) is 4. The molecule has 1 aromatic rings. The molecule has 1 rings (SSSR count). The molecule has 17 heavy (non-hydrogen) atoms. The first-order valence-electron chi connectivity index (χ1n) is 4.99. The predicted octanol–water partition coefficient (Wildman–Crippen LogP) is 1.80. The quantitative estimate of drug-likeness (QED) is 0.473. The normalized spacial score (nSPS) is 10.1. The number of methoxy groups -OCH3 is 2. The van der Waals surface area contributed by atoms with E-state index in [0.29, 0.717) is 6.42 Å². The predicted molar refractivity (Wildman–Crippen MR) is 70.4 cm³/mol. The summed E-state index contributed by atoms with van der Waals surface area (Å²) in [6.07, 6.45) is 0.290. The van der Waals surface area contributed by atoms with E-state index in [-0.39, 0.29) is 0 Å². The van der Waals surface area contributed by atoms with Crippen LogP contribution in [0.25, 0.3) is 0 Å². The molecule has 0 fully saturated rings. The highest BCUT2D eigenvalue weighted by Gasteiger charge is 2.29. The van der Waals surface area contributed by atoms with Gasteiger partial charge in [0.05, 0.1) is 14.2 Å². The molecule has 1 aromatic carbocycles. The highest BCUT2D eigenvalue weighted by atomic mass is 127. The molecule has 0 spiro atoms. The first-order chi connectivity index (χ1) is 8.10. The van der Waals surface area contributed by atoms with Gasteiger partial charge in [0.1, 0.15) is 0 Å². The van der Waals surface area contributed by atoms with Crippen LogP contribution in [0.4, 0.5) is 0 Å². The fourth-order valence-electron chi connectivity index (χ4n) is 1.43. The fraction of sp³-hybridized carbons (Fsp3) is 0.333. The average Bonchev–Trinajstić information content (AvgIpc) is 2.36. The van der Waals surface area contributed by atoms with Crippen molar-refractivity contribution in [2.24, 2.45) is 5.92 Å². The number of hydrogen-bond donors (Lipinski definition) is 0. The minimum Gasteiger partial charge on any atom is -0.468 e. The van der Waals surface area contributed by atoms with Crippen LogP contribution in [0.2, 0.25) is 0 Å². The Balaban J connectivity index is 2.91. The van der Waals surface area contributed by atoms with Gasteiger partial charge in [0.2, 0.25) is 0 Å². The smallest absolute Gasteiger partial charge is 0.320 e. The molecule has 0 heterocycles. The van der Waals surface area contributed by atoms with Crippen LogP contribution in [-0.4, -0.2) is 26.2 Å². The van der Waals surface area contributed by atoms with Crippen LogP contribution in [0.15, 0.2) is 24.3 Å². The van der Waals surface area contributed by atoms with Crippen LogP contribution in [-0.2, 0) is 25.5 Å². The second kappa shape index (κ2) is 6.58. The number of rotatable bonds is 4. The molecular weight excluding hydrogens is 335 g/mol. The van der Waals surface area contributed by atoms with E-state index < -0.39 is 17.9 Å². The lowest BCUT2D eigenvalue weighted by Gasteiger charge is -2.13. The lowest BCUT2D eigenvalue weighted by molar-refractivity contribution is -0.158. The first kappa shape index (κ1) is 14.0. The topological polar surface area (TPSA) is 52.6 Å². The molecule has 5 heteroatoms. The maximum atomic E-state index is 11.5. The molecule has 0 N–H and O–H groups in total. The molecule has 0 aliphatic carbocycles. The van der Waals surface area contributed by atoms with E-state index in [4.69, 9.17) is 0 Å². The summed E-state index contributed by atoms with van der Waals surface area (Å²) in [5.74, 6) is -2.05. The standard InChI is InChI=1S/C12H13IO4/c1-16-11(14)9(12(15)17-2)7-8-5-3-4-6-10(8)13/h3-6,9H,7H2,1-2H3. The van der Waals surface area contributed by atoms with Crippen LogP contribution in [0.5, 0.6) is 0 Å². The molecule has 0 aliphatic rings. The van der Waals surface area contributed by atoms with E-state index in [1.165, 1.54) is 14.2 Å². The van der Waals surface area contributed by atoms with Crippen molar-refractivity contribution in [1.29, 1.82) is 0 Å². The van der Waals surface area contributed by atoms with Gasteiger partial charge in [-0.25, -0.2) is 0 Å². The van der Waals surface area contributed by atoms with Gasteiger partial charge in [0, 0.05) is 3.57 Å². The second-order valence-electron chi connectivity index (χ2n) is 3.39. The average molecular weight is 348 g/mol. The summed E-state index contributed by atoms with van der Waals surface area (Å²) in [5, 5.41) is 0. The Morgan fingerprint density at radius 3 is 2.18 bits per heavy atom. The van der Waals surface area contributed by atoms with Crippen molar-refractivity contribution in [3.8, 4) is 0 Å². The van der Waals surface area contributed by atoms with E-state index >= 15 is 0 Å². The highest BCUT2D eigenvalue weighted by molar-refractivity contribution is 14.1. The molecule has 0 aliphatic heterocycles. The summed E-state index contributed by atoms with van der Waals surface area (Å²) in [5.41, 5.74) is 0.925. The van der Waals surface area contributed by atoms with Gasteiger partial charge in [-0.1, -0.05) is 18.2 Å². The third-order valence-electron chi connectivity index (χ3n) is 2.35. The van der Waals surface area contributed by atoms with Gasteiger partial charge in [0.15, 0.2) is 5.92 Å². The number of esters is 2. The van der Waals surface area contributed by atoms with Crippen LogP contribution in [0.1, 0.15) is 5.56 Å². The first-order valence-corrected chi connectivity index (χ1v) is 6.07. The van der Waals surface area contributed by atoms with E-state index in [1.54, 1.807) is 0 Å². The molecule has 92 valence electrons. The van der Waals surface area contributed by atoms with Crippen molar-refractivity contribution in [2.75, 3.05) is 14.2 Å². The molecule has 0 amide bonds. The molecule has 0 bridgehead atoms. The monoisotopic (exact) mass is 348 g/mol. The molecular formula is C12H13IO4. The van der Waals surface area contributed by atoms with Gasteiger partial charge >= 0.3 is 11.9 Å². The van der Waals surface area contributed by atoms with Crippen LogP contribution < -0.4 is 0 Å². The zero-order chi connectivity index (χ0) is 12.8. The van der Waals surface area contributed by atoms with Crippen molar-refractivity contribution < 1.29 is 19.1 Å². The Morgan fingerprint density at radius 2 is 1.71 bits per heavy atom. The van der Waals surface area contributed by atoms with Gasteiger partial charge in [-0.05, 0) is 40.6 Å². The van der Waals surface area contributed by atoms with Crippen molar-refractivity contribution in [3.63, 3.8) is 0 Å². The molecule has 0 atom stereocenters. The van der Waals surface area contributed by atoms with Crippen LogP contribution in [0.3, 0.4) is 0 Å². The Hall–Kier alpha value is -1.11. The van der Waals surface area contributed by atoms with Crippen LogP contribution >= 0.6 is 22.6 Å². The Labute approximate surface area is 113 Å². The SMILES string of the molecule is COC(=O)C(Cc1ccccc1I)C(=O)OC. The lowest BCUT2D eigenvalue weighted by Crippen LogP contribution is -2.28. The van der Waals surface area contributed by atoms with Crippen molar-refractivity contribution in [2.45, 2.75) is 6.42 Å². The fourth-order valence-corrected chi connectivity index (χ4v) is 2.04. The zero-order valence-corrected chi connectivity index (χ0v) is 11.8. The van der Waals surface area contributed by atoms with Gasteiger partial charge in [0.25, 0.3) is 0 Å². The third kappa shape index (κ3) is 3.69. The molecule has 0 unspecified atom stereocenters. The summed E-state index contributed by atoms with van der Waals surface area (Å²) < 4.78 is 10.2. The maximum absolute atomic E-state index is 11.5. The van der Waals surface area contributed by atoms with E-state index in [2.05, 4.69) is 32.1 Å². The van der Waals surface area contributed by atoms with Gasteiger partial charge in [-0.3, -0.25) is 9.59 Å². The molecule has 0 aromatic heterocycles. The van der Waals surface area contributed by atoms with Crippen molar-refractivity contribution in [1.82, 2.24) is 0 Å². The third-order valence-corrected chi connectivity index (χ3v) is 3.41. The summed E-state index contributed by atoms with van der Waals surface area (Å²) >= 11 is 2.16. The number of ether oxygens (including phenoxy) is 2. The van der Waals surface area contributed by atoms with Gasteiger partial charge in [-0.15, -0.1) is 0 Å². The molecule has 0 saturated carbocycles. The van der Waals surface area contributed by atoms with Crippen LogP contribution in [0, 0.1) is 9.49 Å². The number of carbonyl (C=O) groups excluding carboxylic acids is 2. The van der Waals surface area contributed by atoms with E-state index in [1.807, 2.05) is 24.3 Å².